The number of nitrogens with zero attached hydrogens (tertiary/aromatic N) is 2. The molecule has 0 unspecified atom stereocenters. The molecule has 1 aromatic carbocycles. The standard InChI is InChI=1S/C14H17BrClN3O/c1-20-7-6-17-9-13-4-5-18-19(13)10-11-2-3-12(15)8-14(11)16/h2-5,8,17H,6-7,9-10H2,1H3. The van der Waals surface area contributed by atoms with Crippen molar-refractivity contribution >= 4 is 27.5 Å². The fourth-order valence-electron chi connectivity index (χ4n) is 1.85. The number of benzene rings is 1. The molecule has 2 aromatic rings. The normalized spacial score (nSPS) is 10.9. The van der Waals surface area contributed by atoms with Crippen molar-refractivity contribution in [1.82, 2.24) is 15.1 Å². The predicted molar refractivity (Wildman–Crippen MR) is 84.1 cm³/mol. The molecule has 4 nitrogen and oxygen atoms in total. The number of hydrogen-bond acceptors (Lipinski definition) is 3. The Bertz CT molecular complexity index is 559. The second-order valence-electron chi connectivity index (χ2n) is 4.39. The average Bonchev–Trinajstić information content (AvgIpc) is 2.85. The number of methoxy groups -OCH3 is 1. The van der Waals surface area contributed by atoms with Crippen LogP contribution in [0.4, 0.5) is 0 Å². The van der Waals surface area contributed by atoms with E-state index in [1.54, 1.807) is 13.3 Å². The summed E-state index contributed by atoms with van der Waals surface area (Å²) in [6, 6.07) is 7.90. The van der Waals surface area contributed by atoms with Crippen LogP contribution in [0.2, 0.25) is 5.02 Å². The second-order valence-corrected chi connectivity index (χ2v) is 5.71. The minimum Gasteiger partial charge on any atom is -0.383 e. The van der Waals surface area contributed by atoms with Crippen LogP contribution < -0.4 is 5.32 Å². The molecule has 1 aromatic heterocycles. The summed E-state index contributed by atoms with van der Waals surface area (Å²) >= 11 is 9.65. The fourth-order valence-corrected chi connectivity index (χ4v) is 2.59. The van der Waals surface area contributed by atoms with Gasteiger partial charge in [-0.25, -0.2) is 0 Å². The Kier molecular flexibility index (Phi) is 6.04. The van der Waals surface area contributed by atoms with Crippen molar-refractivity contribution < 1.29 is 4.74 Å². The van der Waals surface area contributed by atoms with E-state index in [9.17, 15) is 0 Å². The quantitative estimate of drug-likeness (QED) is 0.773. The summed E-state index contributed by atoms with van der Waals surface area (Å²) in [5, 5.41) is 8.40. The first-order valence-electron chi connectivity index (χ1n) is 6.35. The van der Waals surface area contributed by atoms with E-state index in [1.165, 1.54) is 0 Å². The van der Waals surface area contributed by atoms with Gasteiger partial charge in [-0.05, 0) is 23.8 Å². The highest BCUT2D eigenvalue weighted by Gasteiger charge is 2.06. The molecule has 6 heteroatoms. The lowest BCUT2D eigenvalue weighted by molar-refractivity contribution is 0.199. The Morgan fingerprint density at radius 1 is 1.40 bits per heavy atom. The highest BCUT2D eigenvalue weighted by atomic mass is 79.9. The zero-order chi connectivity index (χ0) is 14.4. The van der Waals surface area contributed by atoms with Gasteiger partial charge in [0, 0.05) is 35.9 Å². The molecule has 1 heterocycles. The first-order chi connectivity index (χ1) is 9.70. The van der Waals surface area contributed by atoms with Gasteiger partial charge >= 0.3 is 0 Å². The van der Waals surface area contributed by atoms with E-state index in [0.717, 1.165) is 33.8 Å². The van der Waals surface area contributed by atoms with Crippen molar-refractivity contribution in [1.29, 1.82) is 0 Å². The van der Waals surface area contributed by atoms with Gasteiger partial charge < -0.3 is 10.1 Å². The Labute approximate surface area is 132 Å². The molecule has 2 rings (SSSR count). The molecule has 20 heavy (non-hydrogen) atoms. The van der Waals surface area contributed by atoms with Gasteiger partial charge in [0.15, 0.2) is 0 Å². The number of hydrogen-bond donors (Lipinski definition) is 1. The molecule has 0 spiro atoms. The lowest BCUT2D eigenvalue weighted by Crippen LogP contribution is -2.21. The van der Waals surface area contributed by atoms with Gasteiger partial charge in [-0.3, -0.25) is 4.68 Å². The molecule has 0 aliphatic heterocycles. The van der Waals surface area contributed by atoms with E-state index in [4.69, 9.17) is 16.3 Å². The topological polar surface area (TPSA) is 39.1 Å². The van der Waals surface area contributed by atoms with Crippen LogP contribution in [-0.2, 0) is 17.8 Å². The Morgan fingerprint density at radius 3 is 3.00 bits per heavy atom. The maximum absolute atomic E-state index is 6.24. The Hall–Kier alpha value is -0.880. The Morgan fingerprint density at radius 2 is 2.25 bits per heavy atom. The smallest absolute Gasteiger partial charge is 0.0677 e. The highest BCUT2D eigenvalue weighted by molar-refractivity contribution is 9.10. The van der Waals surface area contributed by atoms with Crippen LogP contribution in [0.25, 0.3) is 0 Å². The maximum atomic E-state index is 6.24. The van der Waals surface area contributed by atoms with Crippen molar-refractivity contribution in [2.24, 2.45) is 0 Å². The summed E-state index contributed by atoms with van der Waals surface area (Å²) in [7, 11) is 1.70. The van der Waals surface area contributed by atoms with Gasteiger partial charge in [-0.2, -0.15) is 5.10 Å². The molecule has 108 valence electrons. The van der Waals surface area contributed by atoms with Crippen LogP contribution in [0.1, 0.15) is 11.3 Å². The van der Waals surface area contributed by atoms with Crippen LogP contribution in [0.15, 0.2) is 34.9 Å². The van der Waals surface area contributed by atoms with Crippen molar-refractivity contribution in [2.45, 2.75) is 13.1 Å². The lowest BCUT2D eigenvalue weighted by Gasteiger charge is -2.10. The zero-order valence-corrected chi connectivity index (χ0v) is 13.6. The number of aromatic nitrogens is 2. The van der Waals surface area contributed by atoms with Crippen molar-refractivity contribution in [3.8, 4) is 0 Å². The summed E-state index contributed by atoms with van der Waals surface area (Å²) < 4.78 is 7.94. The van der Waals surface area contributed by atoms with E-state index >= 15 is 0 Å². The third-order valence-electron chi connectivity index (χ3n) is 2.93. The molecular formula is C14H17BrClN3O. The van der Waals surface area contributed by atoms with E-state index < -0.39 is 0 Å². The fraction of sp³-hybridized carbons (Fsp3) is 0.357. The van der Waals surface area contributed by atoms with Gasteiger partial charge in [-0.15, -0.1) is 0 Å². The predicted octanol–water partition coefficient (Wildman–Crippen LogP) is 3.08. The van der Waals surface area contributed by atoms with Gasteiger partial charge in [-0.1, -0.05) is 33.6 Å². The molecule has 0 atom stereocenters. The van der Waals surface area contributed by atoms with Crippen LogP contribution in [0, 0.1) is 0 Å². The average molecular weight is 359 g/mol. The van der Waals surface area contributed by atoms with E-state index in [0.29, 0.717) is 13.2 Å². The molecule has 1 N–H and O–H groups in total. The minimum atomic E-state index is 0.667. The molecule has 0 amide bonds. The van der Waals surface area contributed by atoms with Gasteiger partial charge in [0.25, 0.3) is 0 Å². The zero-order valence-electron chi connectivity index (χ0n) is 11.3. The van der Waals surface area contributed by atoms with Crippen LogP contribution in [-0.4, -0.2) is 30.0 Å². The minimum absolute atomic E-state index is 0.667. The summed E-state index contributed by atoms with van der Waals surface area (Å²) in [4.78, 5) is 0. The van der Waals surface area contributed by atoms with E-state index in [-0.39, 0.29) is 0 Å². The largest absolute Gasteiger partial charge is 0.383 e. The van der Waals surface area contributed by atoms with Crippen LogP contribution in [0.3, 0.4) is 0 Å². The number of halogens is 2. The number of rotatable bonds is 7. The molecular weight excluding hydrogens is 342 g/mol. The van der Waals surface area contributed by atoms with Crippen molar-refractivity contribution in [2.75, 3.05) is 20.3 Å². The SMILES string of the molecule is COCCNCc1ccnn1Cc1ccc(Br)cc1Cl. The summed E-state index contributed by atoms with van der Waals surface area (Å²) in [6.45, 7) is 2.95. The number of ether oxygens (including phenoxy) is 1. The van der Waals surface area contributed by atoms with Crippen LogP contribution >= 0.6 is 27.5 Å². The van der Waals surface area contributed by atoms with Crippen molar-refractivity contribution in [3.05, 3.63) is 51.2 Å². The summed E-state index contributed by atoms with van der Waals surface area (Å²) in [5.41, 5.74) is 2.18. The first-order valence-corrected chi connectivity index (χ1v) is 7.52. The third kappa shape index (κ3) is 4.31. The molecule has 0 bridgehead atoms. The van der Waals surface area contributed by atoms with E-state index in [2.05, 4.69) is 26.3 Å². The molecule has 0 aliphatic carbocycles. The van der Waals surface area contributed by atoms with E-state index in [1.807, 2.05) is 28.9 Å². The third-order valence-corrected chi connectivity index (χ3v) is 3.77. The van der Waals surface area contributed by atoms with Crippen LogP contribution in [0.5, 0.6) is 0 Å². The lowest BCUT2D eigenvalue weighted by atomic mass is 10.2. The second kappa shape index (κ2) is 7.78. The molecule has 0 saturated carbocycles. The summed E-state index contributed by atoms with van der Waals surface area (Å²) in [6.07, 6.45) is 1.81. The van der Waals surface area contributed by atoms with Crippen molar-refractivity contribution in [3.63, 3.8) is 0 Å². The van der Waals surface area contributed by atoms with Gasteiger partial charge in [0.05, 0.1) is 18.8 Å². The first kappa shape index (κ1) is 15.5. The molecule has 0 aliphatic rings. The molecule has 0 fully saturated rings. The van der Waals surface area contributed by atoms with Gasteiger partial charge in [0.1, 0.15) is 0 Å². The molecule has 0 radical (unpaired) electrons. The Balaban J connectivity index is 2.01. The number of nitrogens with one attached hydrogen (secondary N) is 1. The van der Waals surface area contributed by atoms with Gasteiger partial charge in [0.2, 0.25) is 0 Å². The maximum Gasteiger partial charge on any atom is 0.0677 e. The molecule has 0 saturated heterocycles. The monoisotopic (exact) mass is 357 g/mol. The highest BCUT2D eigenvalue weighted by Crippen LogP contribution is 2.22. The summed E-state index contributed by atoms with van der Waals surface area (Å²) in [5.74, 6) is 0.